The van der Waals surface area contributed by atoms with Crippen molar-refractivity contribution >= 4 is 11.8 Å². The van der Waals surface area contributed by atoms with Crippen LogP contribution in [0.2, 0.25) is 0 Å². The van der Waals surface area contributed by atoms with Crippen LogP contribution in [-0.4, -0.2) is 43.0 Å². The van der Waals surface area contributed by atoms with Crippen molar-refractivity contribution in [2.45, 2.75) is 20.3 Å². The van der Waals surface area contributed by atoms with Crippen molar-refractivity contribution in [3.63, 3.8) is 0 Å². The van der Waals surface area contributed by atoms with Gasteiger partial charge in [0, 0.05) is 13.1 Å². The maximum Gasteiger partial charge on any atom is 0.241 e. The van der Waals surface area contributed by atoms with Crippen LogP contribution in [0.4, 0.5) is 0 Å². The Morgan fingerprint density at radius 1 is 1.15 bits per heavy atom. The molecule has 0 heterocycles. The minimum Gasteiger partial charge on any atom is -0.493 e. The molecule has 0 fully saturated rings. The molecule has 2 amide bonds. The van der Waals surface area contributed by atoms with Crippen molar-refractivity contribution in [3.05, 3.63) is 30.3 Å². The van der Waals surface area contributed by atoms with E-state index in [2.05, 4.69) is 5.32 Å². The summed E-state index contributed by atoms with van der Waals surface area (Å²) in [6.07, 6.45) is 0.237. The zero-order valence-corrected chi connectivity index (χ0v) is 12.1. The summed E-state index contributed by atoms with van der Waals surface area (Å²) in [5, 5.41) is 2.61. The Kier molecular flexibility index (Phi) is 7.17. The van der Waals surface area contributed by atoms with Crippen LogP contribution in [0.3, 0.4) is 0 Å². The number of rotatable bonds is 8. The molecule has 5 heteroatoms. The number of likely N-dealkylation sites (N-methyl/N-ethyl adjacent to an activating group) is 1. The number of hydrogen-bond acceptors (Lipinski definition) is 3. The smallest absolute Gasteiger partial charge is 0.241 e. The predicted octanol–water partition coefficient (Wildman–Crippen LogP) is 1.44. The minimum atomic E-state index is -0.179. The fourth-order valence-corrected chi connectivity index (χ4v) is 1.73. The molecule has 0 atom stereocenters. The van der Waals surface area contributed by atoms with E-state index in [4.69, 9.17) is 4.74 Å². The number of para-hydroxylation sites is 1. The molecule has 0 saturated heterocycles. The molecule has 0 bridgehead atoms. The molecule has 1 rings (SSSR count). The molecule has 1 N–H and O–H groups in total. The maximum atomic E-state index is 11.7. The molecule has 0 unspecified atom stereocenters. The summed E-state index contributed by atoms with van der Waals surface area (Å²) in [5.41, 5.74) is 0. The van der Waals surface area contributed by atoms with Gasteiger partial charge in [-0.05, 0) is 26.0 Å². The number of ether oxygens (including phenoxy) is 1. The molecule has 0 spiro atoms. The van der Waals surface area contributed by atoms with Gasteiger partial charge in [-0.2, -0.15) is 0 Å². The van der Waals surface area contributed by atoms with Gasteiger partial charge < -0.3 is 15.0 Å². The fraction of sp³-hybridized carbons (Fsp3) is 0.467. The van der Waals surface area contributed by atoms with Crippen molar-refractivity contribution in [3.8, 4) is 5.75 Å². The molecule has 0 saturated carbocycles. The van der Waals surface area contributed by atoms with E-state index in [-0.39, 0.29) is 24.8 Å². The fourth-order valence-electron chi connectivity index (χ4n) is 1.73. The largest absolute Gasteiger partial charge is 0.493 e. The molecular formula is C15H22N2O3. The van der Waals surface area contributed by atoms with E-state index >= 15 is 0 Å². The van der Waals surface area contributed by atoms with E-state index in [1.165, 1.54) is 0 Å². The minimum absolute atomic E-state index is 0.0475. The molecule has 0 aliphatic rings. The molecule has 0 aliphatic carbocycles. The summed E-state index contributed by atoms with van der Waals surface area (Å²) in [4.78, 5) is 24.9. The third-order valence-electron chi connectivity index (χ3n) is 2.89. The molecule has 5 nitrogen and oxygen atoms in total. The number of carbonyl (C=O) groups is 2. The number of nitrogens with zero attached hydrogens (tertiary/aromatic N) is 1. The van der Waals surface area contributed by atoms with Crippen LogP contribution in [0.1, 0.15) is 20.3 Å². The van der Waals surface area contributed by atoms with Crippen molar-refractivity contribution in [2.75, 3.05) is 26.2 Å². The summed E-state index contributed by atoms with van der Waals surface area (Å²) < 4.78 is 5.42. The van der Waals surface area contributed by atoms with E-state index in [0.29, 0.717) is 19.7 Å². The van der Waals surface area contributed by atoms with Gasteiger partial charge >= 0.3 is 0 Å². The summed E-state index contributed by atoms with van der Waals surface area (Å²) >= 11 is 0. The maximum absolute atomic E-state index is 11.7. The summed E-state index contributed by atoms with van der Waals surface area (Å²) in [6, 6.07) is 9.32. The number of nitrogens with one attached hydrogen (secondary N) is 1. The first kappa shape index (κ1) is 16.0. The highest BCUT2D eigenvalue weighted by Gasteiger charge is 2.10. The third-order valence-corrected chi connectivity index (χ3v) is 2.89. The average molecular weight is 278 g/mol. The Hall–Kier alpha value is -2.04. The number of carbonyl (C=O) groups excluding carboxylic acids is 2. The molecule has 110 valence electrons. The second-order valence-electron chi connectivity index (χ2n) is 4.25. The lowest BCUT2D eigenvalue weighted by Crippen LogP contribution is -2.40. The van der Waals surface area contributed by atoms with Crippen molar-refractivity contribution in [1.29, 1.82) is 0 Å². The van der Waals surface area contributed by atoms with Crippen LogP contribution in [0.15, 0.2) is 30.3 Å². The highest BCUT2D eigenvalue weighted by atomic mass is 16.5. The summed E-state index contributed by atoms with van der Waals surface area (Å²) in [6.45, 7) is 5.49. The highest BCUT2D eigenvalue weighted by molar-refractivity contribution is 5.84. The Balaban J connectivity index is 2.19. The second kappa shape index (κ2) is 8.96. The summed E-state index contributed by atoms with van der Waals surface area (Å²) in [7, 11) is 0. The topological polar surface area (TPSA) is 58.6 Å². The van der Waals surface area contributed by atoms with E-state index in [1.54, 1.807) is 4.90 Å². The zero-order chi connectivity index (χ0) is 14.8. The van der Waals surface area contributed by atoms with E-state index in [0.717, 1.165) is 5.75 Å². The first-order chi connectivity index (χ1) is 9.67. The van der Waals surface area contributed by atoms with Gasteiger partial charge in [0.2, 0.25) is 11.8 Å². The van der Waals surface area contributed by atoms with Gasteiger partial charge in [0.15, 0.2) is 0 Å². The van der Waals surface area contributed by atoms with Crippen LogP contribution in [0.5, 0.6) is 5.75 Å². The van der Waals surface area contributed by atoms with Crippen LogP contribution in [0.25, 0.3) is 0 Å². The lowest BCUT2D eigenvalue weighted by Gasteiger charge is -2.18. The van der Waals surface area contributed by atoms with Crippen LogP contribution in [0, 0.1) is 0 Å². The zero-order valence-electron chi connectivity index (χ0n) is 12.1. The third kappa shape index (κ3) is 5.73. The molecule has 1 aromatic rings. The molecule has 0 aromatic heterocycles. The van der Waals surface area contributed by atoms with Crippen LogP contribution < -0.4 is 10.1 Å². The SMILES string of the molecule is CCN(CC)C(=O)CNC(=O)CCOc1ccccc1. The van der Waals surface area contributed by atoms with Crippen LogP contribution >= 0.6 is 0 Å². The molecule has 1 aromatic carbocycles. The Labute approximate surface area is 119 Å². The molecule has 0 radical (unpaired) electrons. The lowest BCUT2D eigenvalue weighted by molar-refractivity contribution is -0.132. The first-order valence-corrected chi connectivity index (χ1v) is 6.89. The Morgan fingerprint density at radius 2 is 1.80 bits per heavy atom. The standard InChI is InChI=1S/C15H22N2O3/c1-3-17(4-2)15(19)12-16-14(18)10-11-20-13-8-6-5-7-9-13/h5-9H,3-4,10-12H2,1-2H3,(H,16,18). The van der Waals surface area contributed by atoms with Gasteiger partial charge in [-0.15, -0.1) is 0 Å². The van der Waals surface area contributed by atoms with Crippen LogP contribution in [-0.2, 0) is 9.59 Å². The number of benzene rings is 1. The number of amides is 2. The monoisotopic (exact) mass is 278 g/mol. The van der Waals surface area contributed by atoms with Gasteiger partial charge in [-0.3, -0.25) is 9.59 Å². The highest BCUT2D eigenvalue weighted by Crippen LogP contribution is 2.08. The Bertz CT molecular complexity index is 416. The van der Waals surface area contributed by atoms with E-state index in [1.807, 2.05) is 44.2 Å². The first-order valence-electron chi connectivity index (χ1n) is 6.89. The van der Waals surface area contributed by atoms with Gasteiger partial charge in [0.05, 0.1) is 19.6 Å². The van der Waals surface area contributed by atoms with Crippen molar-refractivity contribution in [2.24, 2.45) is 0 Å². The van der Waals surface area contributed by atoms with E-state index < -0.39 is 0 Å². The second-order valence-corrected chi connectivity index (χ2v) is 4.25. The summed E-state index contributed by atoms with van der Waals surface area (Å²) in [5.74, 6) is 0.494. The molecule has 20 heavy (non-hydrogen) atoms. The average Bonchev–Trinajstić information content (AvgIpc) is 2.47. The van der Waals surface area contributed by atoms with Gasteiger partial charge in [0.25, 0.3) is 0 Å². The van der Waals surface area contributed by atoms with Crippen molar-refractivity contribution in [1.82, 2.24) is 10.2 Å². The molecular weight excluding hydrogens is 256 g/mol. The van der Waals surface area contributed by atoms with Gasteiger partial charge in [-0.25, -0.2) is 0 Å². The quantitative estimate of drug-likeness (QED) is 0.783. The van der Waals surface area contributed by atoms with Crippen molar-refractivity contribution < 1.29 is 14.3 Å². The predicted molar refractivity (Wildman–Crippen MR) is 77.5 cm³/mol. The van der Waals surface area contributed by atoms with Gasteiger partial charge in [0.1, 0.15) is 5.75 Å². The molecule has 0 aliphatic heterocycles. The lowest BCUT2D eigenvalue weighted by atomic mass is 10.3. The van der Waals surface area contributed by atoms with Gasteiger partial charge in [-0.1, -0.05) is 18.2 Å². The van der Waals surface area contributed by atoms with E-state index in [9.17, 15) is 9.59 Å². The Morgan fingerprint density at radius 3 is 2.40 bits per heavy atom. The number of hydrogen-bond donors (Lipinski definition) is 1. The normalized spacial score (nSPS) is 9.90.